The summed E-state index contributed by atoms with van der Waals surface area (Å²) in [5.74, 6) is -0.825. The van der Waals surface area contributed by atoms with E-state index in [9.17, 15) is 9.59 Å². The summed E-state index contributed by atoms with van der Waals surface area (Å²) in [6.07, 6.45) is 1.73. The van der Waals surface area contributed by atoms with Crippen molar-refractivity contribution >= 4 is 11.9 Å². The number of nitrogens with zero attached hydrogens (tertiary/aromatic N) is 1. The molecule has 1 aromatic carbocycles. The first-order chi connectivity index (χ1) is 10.6. The van der Waals surface area contributed by atoms with E-state index in [0.717, 1.165) is 12.0 Å². The van der Waals surface area contributed by atoms with Crippen molar-refractivity contribution in [1.29, 1.82) is 0 Å². The van der Waals surface area contributed by atoms with Gasteiger partial charge in [0.25, 0.3) is 0 Å². The van der Waals surface area contributed by atoms with Gasteiger partial charge < -0.3 is 14.7 Å². The van der Waals surface area contributed by atoms with Gasteiger partial charge in [-0.25, -0.2) is 0 Å². The molecule has 22 heavy (non-hydrogen) atoms. The van der Waals surface area contributed by atoms with Crippen LogP contribution < -0.4 is 0 Å². The van der Waals surface area contributed by atoms with E-state index < -0.39 is 5.97 Å². The third-order valence-corrected chi connectivity index (χ3v) is 3.95. The van der Waals surface area contributed by atoms with Gasteiger partial charge >= 0.3 is 5.97 Å². The number of aliphatic carboxylic acids is 1. The molecular formula is C17H23NO4. The molecule has 1 N–H and O–H groups in total. The number of aryl methyl sites for hydroxylation is 2. The summed E-state index contributed by atoms with van der Waals surface area (Å²) in [4.78, 5) is 24.7. The first kappa shape index (κ1) is 16.5. The van der Waals surface area contributed by atoms with E-state index in [1.807, 2.05) is 0 Å². The van der Waals surface area contributed by atoms with Crippen LogP contribution in [0.15, 0.2) is 24.3 Å². The molecule has 0 unspecified atom stereocenters. The minimum Gasteiger partial charge on any atom is -0.481 e. The van der Waals surface area contributed by atoms with Gasteiger partial charge in [-0.1, -0.05) is 31.2 Å². The lowest BCUT2D eigenvalue weighted by Gasteiger charge is -2.32. The fourth-order valence-electron chi connectivity index (χ4n) is 2.62. The summed E-state index contributed by atoms with van der Waals surface area (Å²) < 4.78 is 5.38. The monoisotopic (exact) mass is 305 g/mol. The summed E-state index contributed by atoms with van der Waals surface area (Å²) in [5.41, 5.74) is 2.45. The number of carbonyl (C=O) groups is 2. The Kier molecular flexibility index (Phi) is 5.95. The molecule has 0 bridgehead atoms. The number of morpholine rings is 1. The van der Waals surface area contributed by atoms with E-state index in [1.165, 1.54) is 5.56 Å². The lowest BCUT2D eigenvalue weighted by molar-refractivity contribution is -0.147. The molecule has 0 radical (unpaired) electrons. The predicted octanol–water partition coefficient (Wildman–Crippen LogP) is 1.88. The zero-order valence-electron chi connectivity index (χ0n) is 13.0. The van der Waals surface area contributed by atoms with Gasteiger partial charge in [0.1, 0.15) is 0 Å². The summed E-state index contributed by atoms with van der Waals surface area (Å²) in [7, 11) is 0. The van der Waals surface area contributed by atoms with Crippen LogP contribution in [-0.2, 0) is 27.2 Å². The van der Waals surface area contributed by atoms with E-state index in [0.29, 0.717) is 32.5 Å². The second-order valence-electron chi connectivity index (χ2n) is 5.60. The molecule has 1 heterocycles. The highest BCUT2D eigenvalue weighted by atomic mass is 16.5. The van der Waals surface area contributed by atoms with E-state index in [-0.39, 0.29) is 18.4 Å². The van der Waals surface area contributed by atoms with Crippen LogP contribution in [0.5, 0.6) is 0 Å². The fraction of sp³-hybridized carbons (Fsp3) is 0.529. The molecule has 120 valence electrons. The SMILES string of the molecule is CCc1ccc(CCC(=O)N2CCO[C@@H](CC(=O)O)C2)cc1. The third-order valence-electron chi connectivity index (χ3n) is 3.95. The summed E-state index contributed by atoms with van der Waals surface area (Å²) >= 11 is 0. The summed E-state index contributed by atoms with van der Waals surface area (Å²) in [6, 6.07) is 8.33. The van der Waals surface area contributed by atoms with Gasteiger partial charge in [0.2, 0.25) is 5.91 Å². The molecule has 1 aromatic rings. The molecule has 1 aliphatic heterocycles. The Labute approximate surface area is 130 Å². The van der Waals surface area contributed by atoms with Gasteiger partial charge in [-0.3, -0.25) is 9.59 Å². The molecule has 0 spiro atoms. The number of rotatable bonds is 6. The highest BCUT2D eigenvalue weighted by Crippen LogP contribution is 2.12. The molecule has 0 aromatic heterocycles. The number of carbonyl (C=O) groups excluding carboxylic acids is 1. The number of benzene rings is 1. The Balaban J connectivity index is 1.81. The number of amides is 1. The molecule has 0 saturated carbocycles. The van der Waals surface area contributed by atoms with Gasteiger partial charge in [0, 0.05) is 19.5 Å². The van der Waals surface area contributed by atoms with Crippen molar-refractivity contribution in [2.45, 2.75) is 38.7 Å². The van der Waals surface area contributed by atoms with Crippen LogP contribution in [0.4, 0.5) is 0 Å². The first-order valence-electron chi connectivity index (χ1n) is 7.77. The predicted molar refractivity (Wildman–Crippen MR) is 82.7 cm³/mol. The molecule has 2 rings (SSSR count). The van der Waals surface area contributed by atoms with Crippen molar-refractivity contribution in [2.24, 2.45) is 0 Å². The average Bonchev–Trinajstić information content (AvgIpc) is 2.52. The minimum atomic E-state index is -0.893. The van der Waals surface area contributed by atoms with Crippen molar-refractivity contribution < 1.29 is 19.4 Å². The van der Waals surface area contributed by atoms with E-state index in [4.69, 9.17) is 9.84 Å². The lowest BCUT2D eigenvalue weighted by Crippen LogP contribution is -2.46. The Morgan fingerprint density at radius 1 is 1.27 bits per heavy atom. The molecule has 5 nitrogen and oxygen atoms in total. The first-order valence-corrected chi connectivity index (χ1v) is 7.77. The maximum absolute atomic E-state index is 12.2. The Morgan fingerprint density at radius 2 is 1.95 bits per heavy atom. The quantitative estimate of drug-likeness (QED) is 0.871. The zero-order valence-corrected chi connectivity index (χ0v) is 13.0. The molecule has 1 fully saturated rings. The summed E-state index contributed by atoms with van der Waals surface area (Å²) in [6.45, 7) is 3.45. The highest BCUT2D eigenvalue weighted by molar-refractivity contribution is 5.76. The number of carboxylic acid groups (broad SMARTS) is 1. The Bertz CT molecular complexity index is 512. The van der Waals surface area contributed by atoms with Gasteiger partial charge in [-0.05, 0) is 24.0 Å². The third kappa shape index (κ3) is 4.84. The van der Waals surface area contributed by atoms with Crippen molar-refractivity contribution in [3.05, 3.63) is 35.4 Å². The van der Waals surface area contributed by atoms with Crippen LogP contribution >= 0.6 is 0 Å². The molecular weight excluding hydrogens is 282 g/mol. The van der Waals surface area contributed by atoms with Gasteiger partial charge in [-0.15, -0.1) is 0 Å². The second-order valence-corrected chi connectivity index (χ2v) is 5.60. The number of hydrogen-bond acceptors (Lipinski definition) is 3. The maximum Gasteiger partial charge on any atom is 0.306 e. The van der Waals surface area contributed by atoms with E-state index in [1.54, 1.807) is 4.90 Å². The molecule has 1 saturated heterocycles. The Hall–Kier alpha value is -1.88. The van der Waals surface area contributed by atoms with Gasteiger partial charge in [0.15, 0.2) is 0 Å². The van der Waals surface area contributed by atoms with Crippen molar-refractivity contribution in [3.8, 4) is 0 Å². The standard InChI is InChI=1S/C17H23NO4/c1-2-13-3-5-14(6-4-13)7-8-16(19)18-9-10-22-15(12-18)11-17(20)21/h3-6,15H,2,7-12H2,1H3,(H,20,21)/t15-/m0/s1. The lowest BCUT2D eigenvalue weighted by atomic mass is 10.1. The number of hydrogen-bond donors (Lipinski definition) is 1. The highest BCUT2D eigenvalue weighted by Gasteiger charge is 2.25. The van der Waals surface area contributed by atoms with E-state index in [2.05, 4.69) is 31.2 Å². The molecule has 5 heteroatoms. The molecule has 1 atom stereocenters. The second kappa shape index (κ2) is 7.94. The Morgan fingerprint density at radius 3 is 2.59 bits per heavy atom. The largest absolute Gasteiger partial charge is 0.481 e. The topological polar surface area (TPSA) is 66.8 Å². The van der Waals surface area contributed by atoms with Gasteiger partial charge in [-0.2, -0.15) is 0 Å². The zero-order chi connectivity index (χ0) is 15.9. The number of ether oxygens (including phenoxy) is 1. The molecule has 0 aliphatic carbocycles. The number of carboxylic acids is 1. The minimum absolute atomic E-state index is 0.0533. The van der Waals surface area contributed by atoms with Gasteiger partial charge in [0.05, 0.1) is 19.1 Å². The maximum atomic E-state index is 12.2. The molecule has 1 aliphatic rings. The van der Waals surface area contributed by atoms with Crippen LogP contribution in [0.2, 0.25) is 0 Å². The van der Waals surface area contributed by atoms with Crippen LogP contribution in [0, 0.1) is 0 Å². The normalized spacial score (nSPS) is 18.2. The van der Waals surface area contributed by atoms with E-state index >= 15 is 0 Å². The van der Waals surface area contributed by atoms with Crippen molar-refractivity contribution in [2.75, 3.05) is 19.7 Å². The fourth-order valence-corrected chi connectivity index (χ4v) is 2.62. The van der Waals surface area contributed by atoms with Crippen LogP contribution in [0.1, 0.15) is 30.9 Å². The summed E-state index contributed by atoms with van der Waals surface area (Å²) in [5, 5.41) is 8.80. The van der Waals surface area contributed by atoms with Crippen LogP contribution in [-0.4, -0.2) is 47.7 Å². The van der Waals surface area contributed by atoms with Crippen molar-refractivity contribution in [1.82, 2.24) is 4.90 Å². The molecule has 1 amide bonds. The van der Waals surface area contributed by atoms with Crippen LogP contribution in [0.25, 0.3) is 0 Å². The van der Waals surface area contributed by atoms with Crippen molar-refractivity contribution in [3.63, 3.8) is 0 Å². The smallest absolute Gasteiger partial charge is 0.306 e. The van der Waals surface area contributed by atoms with Crippen LogP contribution in [0.3, 0.4) is 0 Å². The average molecular weight is 305 g/mol.